The van der Waals surface area contributed by atoms with E-state index in [1.165, 1.54) is 12.1 Å². The highest BCUT2D eigenvalue weighted by Crippen LogP contribution is 2.22. The van der Waals surface area contributed by atoms with Crippen LogP contribution in [0.4, 0.5) is 8.78 Å². The minimum absolute atomic E-state index is 0. The Morgan fingerprint density at radius 2 is 1.65 bits per heavy atom. The average molecular weight is 263 g/mol. The smallest absolute Gasteiger partial charge is 0.126 e. The summed E-state index contributed by atoms with van der Waals surface area (Å²) < 4.78 is 26.2. The second-order valence-corrected chi connectivity index (χ2v) is 4.16. The van der Waals surface area contributed by atoms with Crippen LogP contribution >= 0.6 is 12.4 Å². The summed E-state index contributed by atoms with van der Waals surface area (Å²) in [6.45, 7) is 5.68. The van der Waals surface area contributed by atoms with E-state index < -0.39 is 11.6 Å². The second-order valence-electron chi connectivity index (χ2n) is 4.16. The number of piperazine rings is 1. The highest BCUT2D eigenvalue weighted by Gasteiger charge is 2.18. The normalized spacial score (nSPS) is 18.5. The Morgan fingerprint density at radius 3 is 2.18 bits per heavy atom. The van der Waals surface area contributed by atoms with Gasteiger partial charge in [0.05, 0.1) is 0 Å². The van der Waals surface area contributed by atoms with Gasteiger partial charge in [0.25, 0.3) is 0 Å². The lowest BCUT2D eigenvalue weighted by Crippen LogP contribution is -2.44. The fourth-order valence-corrected chi connectivity index (χ4v) is 2.10. The number of benzene rings is 1. The lowest BCUT2D eigenvalue weighted by molar-refractivity contribution is 0.185. The second kappa shape index (κ2) is 6.28. The van der Waals surface area contributed by atoms with Crippen LogP contribution in [-0.2, 0) is 0 Å². The van der Waals surface area contributed by atoms with Gasteiger partial charge in [0.2, 0.25) is 0 Å². The highest BCUT2D eigenvalue weighted by molar-refractivity contribution is 5.85. The summed E-state index contributed by atoms with van der Waals surface area (Å²) in [5, 5.41) is 3.25. The maximum absolute atomic E-state index is 13.1. The first kappa shape index (κ1) is 14.4. The molecule has 1 N–H and O–H groups in total. The molecular weight excluding hydrogens is 246 g/mol. The molecule has 0 aliphatic carbocycles. The SMILES string of the molecule is C[C@H](c1cc(F)cc(F)c1)N1CCNCC1.Cl. The zero-order valence-electron chi connectivity index (χ0n) is 9.75. The predicted molar refractivity (Wildman–Crippen MR) is 66.5 cm³/mol. The van der Waals surface area contributed by atoms with Gasteiger partial charge in [-0.25, -0.2) is 8.78 Å². The Hall–Kier alpha value is -0.710. The molecule has 96 valence electrons. The lowest BCUT2D eigenvalue weighted by Gasteiger charge is -2.33. The van der Waals surface area contributed by atoms with Crippen molar-refractivity contribution in [1.82, 2.24) is 10.2 Å². The third kappa shape index (κ3) is 3.63. The molecule has 1 heterocycles. The van der Waals surface area contributed by atoms with Gasteiger partial charge in [-0.05, 0) is 24.6 Å². The van der Waals surface area contributed by atoms with Crippen molar-refractivity contribution in [2.45, 2.75) is 13.0 Å². The molecule has 0 spiro atoms. The predicted octanol–water partition coefficient (Wildman–Crippen LogP) is 2.35. The molecule has 2 nitrogen and oxygen atoms in total. The number of rotatable bonds is 2. The van der Waals surface area contributed by atoms with Crippen molar-refractivity contribution in [3.8, 4) is 0 Å². The average Bonchev–Trinajstić information content (AvgIpc) is 2.28. The Balaban J connectivity index is 0.00000144. The van der Waals surface area contributed by atoms with E-state index in [-0.39, 0.29) is 18.4 Å². The van der Waals surface area contributed by atoms with Gasteiger partial charge in [-0.1, -0.05) is 0 Å². The molecule has 0 unspecified atom stereocenters. The summed E-state index contributed by atoms with van der Waals surface area (Å²) >= 11 is 0. The van der Waals surface area contributed by atoms with Crippen LogP contribution in [0.15, 0.2) is 18.2 Å². The molecule has 0 radical (unpaired) electrons. The van der Waals surface area contributed by atoms with Gasteiger partial charge in [0.15, 0.2) is 0 Å². The summed E-state index contributed by atoms with van der Waals surface area (Å²) in [7, 11) is 0. The van der Waals surface area contributed by atoms with Crippen molar-refractivity contribution in [2.75, 3.05) is 26.2 Å². The fourth-order valence-electron chi connectivity index (χ4n) is 2.10. The van der Waals surface area contributed by atoms with Crippen LogP contribution in [0.2, 0.25) is 0 Å². The zero-order valence-corrected chi connectivity index (χ0v) is 10.6. The maximum atomic E-state index is 13.1. The van der Waals surface area contributed by atoms with E-state index in [4.69, 9.17) is 0 Å². The summed E-state index contributed by atoms with van der Waals surface area (Å²) in [5.74, 6) is -1.01. The molecule has 1 aromatic rings. The molecule has 0 aromatic heterocycles. The summed E-state index contributed by atoms with van der Waals surface area (Å²) in [6.07, 6.45) is 0. The van der Waals surface area contributed by atoms with Crippen molar-refractivity contribution < 1.29 is 8.78 Å². The molecule has 1 atom stereocenters. The van der Waals surface area contributed by atoms with Crippen molar-refractivity contribution in [2.24, 2.45) is 0 Å². The van der Waals surface area contributed by atoms with Gasteiger partial charge in [-0.2, -0.15) is 0 Å². The molecule has 0 saturated carbocycles. The van der Waals surface area contributed by atoms with E-state index in [2.05, 4.69) is 10.2 Å². The number of hydrogen-bond acceptors (Lipinski definition) is 2. The van der Waals surface area contributed by atoms with Crippen molar-refractivity contribution >= 4 is 12.4 Å². The largest absolute Gasteiger partial charge is 0.314 e. The highest BCUT2D eigenvalue weighted by atomic mass is 35.5. The van der Waals surface area contributed by atoms with E-state index in [1.54, 1.807) is 0 Å². The minimum Gasteiger partial charge on any atom is -0.314 e. The molecule has 0 amide bonds. The first-order valence-electron chi connectivity index (χ1n) is 5.57. The number of hydrogen-bond donors (Lipinski definition) is 1. The van der Waals surface area contributed by atoms with Gasteiger partial charge >= 0.3 is 0 Å². The third-order valence-corrected chi connectivity index (χ3v) is 3.07. The van der Waals surface area contributed by atoms with Gasteiger partial charge in [-0.15, -0.1) is 12.4 Å². The molecule has 1 aliphatic rings. The first-order chi connectivity index (χ1) is 7.66. The van der Waals surface area contributed by atoms with Crippen LogP contribution in [0.3, 0.4) is 0 Å². The topological polar surface area (TPSA) is 15.3 Å². The summed E-state index contributed by atoms with van der Waals surface area (Å²) in [4.78, 5) is 2.23. The van der Waals surface area contributed by atoms with Crippen LogP contribution in [0.1, 0.15) is 18.5 Å². The van der Waals surface area contributed by atoms with Crippen molar-refractivity contribution in [3.05, 3.63) is 35.4 Å². The monoisotopic (exact) mass is 262 g/mol. The van der Waals surface area contributed by atoms with E-state index in [9.17, 15) is 8.78 Å². The molecule has 1 fully saturated rings. The van der Waals surface area contributed by atoms with Crippen LogP contribution < -0.4 is 5.32 Å². The number of nitrogens with zero attached hydrogens (tertiary/aromatic N) is 1. The zero-order chi connectivity index (χ0) is 11.5. The standard InChI is InChI=1S/C12H16F2N2.ClH/c1-9(16-4-2-15-3-5-16)10-6-11(13)8-12(14)7-10;/h6-9,15H,2-5H2,1H3;1H/t9-;/m1./s1. The molecule has 0 bridgehead atoms. The molecule has 2 rings (SSSR count). The van der Waals surface area contributed by atoms with E-state index >= 15 is 0 Å². The van der Waals surface area contributed by atoms with Gasteiger partial charge in [0, 0.05) is 38.3 Å². The molecule has 5 heteroatoms. The van der Waals surface area contributed by atoms with Gasteiger partial charge in [-0.3, -0.25) is 4.90 Å². The molecular formula is C12H17ClF2N2. The van der Waals surface area contributed by atoms with Crippen molar-refractivity contribution in [1.29, 1.82) is 0 Å². The minimum atomic E-state index is -0.503. The van der Waals surface area contributed by atoms with Gasteiger partial charge in [0.1, 0.15) is 11.6 Å². The summed E-state index contributed by atoms with van der Waals surface area (Å²) in [6, 6.07) is 3.80. The Labute approximate surface area is 106 Å². The van der Waals surface area contributed by atoms with Crippen LogP contribution in [0.25, 0.3) is 0 Å². The lowest BCUT2D eigenvalue weighted by atomic mass is 10.1. The van der Waals surface area contributed by atoms with Crippen LogP contribution in [0.5, 0.6) is 0 Å². The van der Waals surface area contributed by atoms with Gasteiger partial charge < -0.3 is 5.32 Å². The molecule has 1 aliphatic heterocycles. The number of nitrogens with one attached hydrogen (secondary N) is 1. The van der Waals surface area contributed by atoms with Crippen LogP contribution in [0, 0.1) is 11.6 Å². The van der Waals surface area contributed by atoms with E-state index in [1.807, 2.05) is 6.92 Å². The third-order valence-electron chi connectivity index (χ3n) is 3.07. The molecule has 1 aromatic carbocycles. The van der Waals surface area contributed by atoms with Crippen molar-refractivity contribution in [3.63, 3.8) is 0 Å². The quantitative estimate of drug-likeness (QED) is 0.880. The number of halogens is 3. The Bertz CT molecular complexity index is 347. The molecule has 1 saturated heterocycles. The first-order valence-corrected chi connectivity index (χ1v) is 5.57. The fraction of sp³-hybridized carbons (Fsp3) is 0.500. The van der Waals surface area contributed by atoms with Crippen LogP contribution in [-0.4, -0.2) is 31.1 Å². The Morgan fingerprint density at radius 1 is 1.12 bits per heavy atom. The van der Waals surface area contributed by atoms with E-state index in [0.29, 0.717) is 5.56 Å². The Kier molecular flexibility index (Phi) is 5.31. The maximum Gasteiger partial charge on any atom is 0.126 e. The van der Waals surface area contributed by atoms with E-state index in [0.717, 1.165) is 32.2 Å². The summed E-state index contributed by atoms with van der Waals surface area (Å²) in [5.41, 5.74) is 0.708. The molecule has 17 heavy (non-hydrogen) atoms.